The normalized spacial score (nSPS) is 11.6. The molecule has 5 heteroatoms. The van der Waals surface area contributed by atoms with Crippen molar-refractivity contribution in [3.8, 4) is 62.6 Å². The lowest BCUT2D eigenvalue weighted by Crippen LogP contribution is -2.06. The van der Waals surface area contributed by atoms with E-state index in [1.165, 1.54) is 0 Å². The second kappa shape index (κ2) is 15.1. The van der Waals surface area contributed by atoms with Gasteiger partial charge in [-0.15, -0.1) is 0 Å². The molecule has 10 aromatic carbocycles. The van der Waals surface area contributed by atoms with E-state index in [4.69, 9.17) is 0 Å². The summed E-state index contributed by atoms with van der Waals surface area (Å²) in [6.45, 7) is 0. The van der Waals surface area contributed by atoms with Gasteiger partial charge in [0, 0.05) is 37.9 Å². The summed E-state index contributed by atoms with van der Waals surface area (Å²) in [7, 11) is 0. The minimum Gasteiger partial charge on any atom is -0.309 e. The van der Waals surface area contributed by atoms with Crippen LogP contribution in [0.25, 0.3) is 116 Å². The number of nitriles is 2. The van der Waals surface area contributed by atoms with Gasteiger partial charge in [0.1, 0.15) is 11.6 Å². The first-order valence-corrected chi connectivity index (χ1v) is 22.5. The van der Waals surface area contributed by atoms with Crippen LogP contribution in [0, 0.1) is 22.7 Å². The van der Waals surface area contributed by atoms with Crippen LogP contribution >= 0.6 is 0 Å². The Balaban J connectivity index is 1.16. The Morgan fingerprint density at radius 1 is 0.269 bits per heavy atom. The van der Waals surface area contributed by atoms with Crippen LogP contribution < -0.4 is 0 Å². The van der Waals surface area contributed by atoms with Crippen molar-refractivity contribution in [3.63, 3.8) is 0 Å². The van der Waals surface area contributed by atoms with Crippen LogP contribution in [-0.2, 0) is 0 Å². The van der Waals surface area contributed by atoms with Gasteiger partial charge in [-0.1, -0.05) is 146 Å². The van der Waals surface area contributed by atoms with Crippen molar-refractivity contribution in [1.82, 2.24) is 13.7 Å². The van der Waals surface area contributed by atoms with Crippen molar-refractivity contribution in [2.45, 2.75) is 0 Å². The molecule has 310 valence electrons. The Morgan fingerprint density at radius 2 is 0.657 bits per heavy atom. The Hall–Kier alpha value is -9.42. The number of aromatic nitrogens is 3. The Kier molecular flexibility index (Phi) is 8.58. The highest BCUT2D eigenvalue weighted by atomic mass is 15.0. The lowest BCUT2D eigenvalue weighted by atomic mass is 9.96. The van der Waals surface area contributed by atoms with Crippen molar-refractivity contribution >= 4 is 65.4 Å². The Bertz CT molecular complexity index is 3890. The summed E-state index contributed by atoms with van der Waals surface area (Å²) in [5, 5.41) is 28.8. The lowest BCUT2D eigenvalue weighted by Gasteiger charge is -2.20. The van der Waals surface area contributed by atoms with Crippen LogP contribution in [0.2, 0.25) is 0 Å². The second-order valence-electron chi connectivity index (χ2n) is 17.1. The average Bonchev–Trinajstić information content (AvgIpc) is 4.04. The number of fused-ring (bicyclic) bond motifs is 9. The first-order chi connectivity index (χ1) is 33.2. The van der Waals surface area contributed by atoms with E-state index in [1.807, 2.05) is 12.1 Å². The zero-order valence-electron chi connectivity index (χ0n) is 36.1. The molecule has 3 aromatic heterocycles. The van der Waals surface area contributed by atoms with Gasteiger partial charge in [0.25, 0.3) is 0 Å². The van der Waals surface area contributed by atoms with Gasteiger partial charge < -0.3 is 13.7 Å². The molecule has 13 aromatic rings. The SMILES string of the molecule is N#Cc1ccc(-n2c3ccc(-c4ccccc4)cc3c3cc(-c4ccccc4)ccc32)c(-c2cc(-n3c4ccccc4c4ccccc43)c(C#N)c(-n3c4ccccc4c4ccccc43)c2)c1. The van der Waals surface area contributed by atoms with Crippen LogP contribution in [0.15, 0.2) is 224 Å². The van der Waals surface area contributed by atoms with Crippen molar-refractivity contribution < 1.29 is 0 Å². The third kappa shape index (κ3) is 5.86. The fraction of sp³-hybridized carbons (Fsp3) is 0. The van der Waals surface area contributed by atoms with E-state index in [1.54, 1.807) is 0 Å². The molecular weight excluding hydrogens is 815 g/mol. The number of hydrogen-bond acceptors (Lipinski definition) is 2. The van der Waals surface area contributed by atoms with E-state index >= 15 is 0 Å². The minimum absolute atomic E-state index is 0.540. The molecule has 0 atom stereocenters. The zero-order valence-corrected chi connectivity index (χ0v) is 36.1. The van der Waals surface area contributed by atoms with E-state index in [-0.39, 0.29) is 0 Å². The highest BCUT2D eigenvalue weighted by Crippen LogP contribution is 2.44. The van der Waals surface area contributed by atoms with Gasteiger partial charge in [0.05, 0.1) is 61.8 Å². The van der Waals surface area contributed by atoms with Gasteiger partial charge in [0.2, 0.25) is 0 Å². The molecule has 3 heterocycles. The van der Waals surface area contributed by atoms with Crippen molar-refractivity contribution in [3.05, 3.63) is 236 Å². The summed E-state index contributed by atoms with van der Waals surface area (Å²) in [5.74, 6) is 0. The largest absolute Gasteiger partial charge is 0.309 e. The summed E-state index contributed by atoms with van der Waals surface area (Å²) >= 11 is 0. The molecule has 0 aliphatic heterocycles. The van der Waals surface area contributed by atoms with Crippen molar-refractivity contribution in [2.24, 2.45) is 0 Å². The molecule has 0 aliphatic rings. The summed E-state index contributed by atoms with van der Waals surface area (Å²) in [5.41, 5.74) is 15.9. The maximum atomic E-state index is 11.6. The highest BCUT2D eigenvalue weighted by molar-refractivity contribution is 6.13. The quantitative estimate of drug-likeness (QED) is 0.167. The molecule has 0 aliphatic carbocycles. The van der Waals surface area contributed by atoms with E-state index in [2.05, 4.69) is 238 Å². The number of hydrogen-bond donors (Lipinski definition) is 0. The average molecular weight is 852 g/mol. The van der Waals surface area contributed by atoms with Gasteiger partial charge in [-0.3, -0.25) is 0 Å². The maximum absolute atomic E-state index is 11.6. The molecular formula is C62H37N5. The van der Waals surface area contributed by atoms with Crippen LogP contribution in [0.5, 0.6) is 0 Å². The molecule has 13 rings (SSSR count). The van der Waals surface area contributed by atoms with Gasteiger partial charge in [-0.05, 0) is 107 Å². The number of nitrogens with zero attached hydrogens (tertiary/aromatic N) is 5. The molecule has 0 unspecified atom stereocenters. The predicted octanol–water partition coefficient (Wildman–Crippen LogP) is 15.7. The van der Waals surface area contributed by atoms with Crippen molar-refractivity contribution in [2.75, 3.05) is 0 Å². The molecule has 0 fully saturated rings. The van der Waals surface area contributed by atoms with E-state index in [0.29, 0.717) is 11.1 Å². The molecule has 0 N–H and O–H groups in total. The summed E-state index contributed by atoms with van der Waals surface area (Å²) < 4.78 is 6.84. The van der Waals surface area contributed by atoms with E-state index < -0.39 is 0 Å². The Labute approximate surface area is 386 Å². The van der Waals surface area contributed by atoms with E-state index in [0.717, 1.165) is 116 Å². The smallest absolute Gasteiger partial charge is 0.104 e. The van der Waals surface area contributed by atoms with Crippen molar-refractivity contribution in [1.29, 1.82) is 10.5 Å². The molecule has 0 saturated heterocycles. The molecule has 0 spiro atoms. The Morgan fingerprint density at radius 3 is 1.07 bits per heavy atom. The van der Waals surface area contributed by atoms with E-state index in [9.17, 15) is 10.5 Å². The summed E-state index contributed by atoms with van der Waals surface area (Å²) in [6, 6.07) is 83.7. The first kappa shape index (κ1) is 38.1. The van der Waals surface area contributed by atoms with Crippen LogP contribution in [0.3, 0.4) is 0 Å². The number of rotatable bonds is 6. The molecule has 0 saturated carbocycles. The molecule has 0 radical (unpaired) electrons. The number of para-hydroxylation sites is 4. The fourth-order valence-corrected chi connectivity index (χ4v) is 10.5. The first-order valence-electron chi connectivity index (χ1n) is 22.5. The zero-order chi connectivity index (χ0) is 44.6. The standard InChI is InChI=1S/C62H37N5/c63-38-40-27-30-58(65-59-31-28-43(41-15-3-1-4-16-41)34-51(59)52-35-44(29-32-60(52)65)42-17-5-2-6-18-42)50(33-40)45-36-61(66-54-23-11-7-19-46(54)47-20-8-12-24-55(47)66)53(39-64)62(37-45)67-56-25-13-9-21-48(56)49-22-10-14-26-57(49)67/h1-37H. The van der Waals surface area contributed by atoms with Gasteiger partial charge in [-0.25, -0.2) is 0 Å². The van der Waals surface area contributed by atoms with Gasteiger partial charge in [-0.2, -0.15) is 10.5 Å². The third-order valence-electron chi connectivity index (χ3n) is 13.5. The third-order valence-corrected chi connectivity index (χ3v) is 13.5. The number of benzene rings is 10. The predicted molar refractivity (Wildman–Crippen MR) is 275 cm³/mol. The topological polar surface area (TPSA) is 62.4 Å². The minimum atomic E-state index is 0.540. The van der Waals surface area contributed by atoms with Gasteiger partial charge in [0.15, 0.2) is 0 Å². The van der Waals surface area contributed by atoms with Crippen LogP contribution in [0.1, 0.15) is 11.1 Å². The molecule has 67 heavy (non-hydrogen) atoms. The lowest BCUT2D eigenvalue weighted by molar-refractivity contribution is 1.12. The van der Waals surface area contributed by atoms with Gasteiger partial charge >= 0.3 is 0 Å². The molecule has 0 amide bonds. The monoisotopic (exact) mass is 851 g/mol. The highest BCUT2D eigenvalue weighted by Gasteiger charge is 2.25. The fourth-order valence-electron chi connectivity index (χ4n) is 10.5. The summed E-state index contributed by atoms with van der Waals surface area (Å²) in [6.07, 6.45) is 0. The van der Waals surface area contributed by atoms with Crippen LogP contribution in [-0.4, -0.2) is 13.7 Å². The molecule has 0 bridgehead atoms. The van der Waals surface area contributed by atoms with Crippen LogP contribution in [0.4, 0.5) is 0 Å². The maximum Gasteiger partial charge on any atom is 0.104 e. The second-order valence-corrected chi connectivity index (χ2v) is 17.1. The summed E-state index contributed by atoms with van der Waals surface area (Å²) in [4.78, 5) is 0. The molecule has 5 nitrogen and oxygen atoms in total.